The molecule has 0 N–H and O–H groups in total. The molecule has 26 heavy (non-hydrogen) atoms. The van der Waals surface area contributed by atoms with Gasteiger partial charge in [-0.15, -0.1) is 11.3 Å². The minimum atomic E-state index is 0.541. The smallest absolute Gasteiger partial charge is 0.185 e. The van der Waals surface area contributed by atoms with Crippen molar-refractivity contribution in [3.8, 4) is 11.3 Å². The molecular weight excluding hydrogens is 411 g/mol. The summed E-state index contributed by atoms with van der Waals surface area (Å²) in [5.41, 5.74) is 1.72. The van der Waals surface area contributed by atoms with Crippen LogP contribution in [0.25, 0.3) is 11.3 Å². The van der Waals surface area contributed by atoms with Crippen LogP contribution in [0.1, 0.15) is 0 Å². The summed E-state index contributed by atoms with van der Waals surface area (Å²) in [7, 11) is 0. The number of thiazole rings is 1. The number of piperazine rings is 1. The van der Waals surface area contributed by atoms with Crippen molar-refractivity contribution in [2.75, 3.05) is 36.0 Å². The summed E-state index contributed by atoms with van der Waals surface area (Å²) in [5, 5.41) is 4.78. The first-order chi connectivity index (χ1) is 12.6. The van der Waals surface area contributed by atoms with E-state index in [0.717, 1.165) is 48.4 Å². The zero-order chi connectivity index (χ0) is 18.1. The summed E-state index contributed by atoms with van der Waals surface area (Å²) in [4.78, 5) is 13.6. The second kappa shape index (κ2) is 7.61. The van der Waals surface area contributed by atoms with Crippen molar-refractivity contribution in [2.24, 2.45) is 0 Å². The fourth-order valence-corrected chi connectivity index (χ4v) is 4.47. The van der Waals surface area contributed by atoms with E-state index in [2.05, 4.69) is 14.8 Å². The van der Waals surface area contributed by atoms with Crippen LogP contribution < -0.4 is 9.80 Å². The number of halogens is 3. The first-order valence-corrected chi connectivity index (χ1v) is 10.1. The molecular formula is C18H15Cl3N4S. The molecule has 1 fully saturated rings. The monoisotopic (exact) mass is 424 g/mol. The molecule has 1 saturated heterocycles. The van der Waals surface area contributed by atoms with Crippen molar-refractivity contribution in [3.63, 3.8) is 0 Å². The number of hydrogen-bond acceptors (Lipinski definition) is 5. The van der Waals surface area contributed by atoms with Gasteiger partial charge in [-0.25, -0.2) is 9.97 Å². The molecule has 3 aromatic rings. The Morgan fingerprint density at radius 2 is 1.62 bits per heavy atom. The summed E-state index contributed by atoms with van der Waals surface area (Å²) in [6.45, 7) is 3.43. The SMILES string of the molecule is Clc1cccnc1N1CCN(c2nc(-c3cccc(Cl)c3Cl)cs2)CC1. The van der Waals surface area contributed by atoms with Crippen molar-refractivity contribution in [1.82, 2.24) is 9.97 Å². The predicted octanol–water partition coefficient (Wildman–Crippen LogP) is 5.49. The molecule has 1 aliphatic heterocycles. The molecule has 0 atom stereocenters. The summed E-state index contributed by atoms with van der Waals surface area (Å²) in [5.74, 6) is 0.847. The van der Waals surface area contributed by atoms with Crippen LogP contribution in [0.15, 0.2) is 41.9 Å². The van der Waals surface area contributed by atoms with E-state index in [1.165, 1.54) is 0 Å². The van der Waals surface area contributed by atoms with Crippen molar-refractivity contribution in [2.45, 2.75) is 0 Å². The van der Waals surface area contributed by atoms with Crippen LogP contribution >= 0.6 is 46.1 Å². The van der Waals surface area contributed by atoms with E-state index in [0.29, 0.717) is 15.1 Å². The van der Waals surface area contributed by atoms with Gasteiger partial charge in [-0.05, 0) is 18.2 Å². The van der Waals surface area contributed by atoms with Crippen molar-refractivity contribution in [3.05, 3.63) is 57.0 Å². The highest BCUT2D eigenvalue weighted by Crippen LogP contribution is 2.36. The topological polar surface area (TPSA) is 32.3 Å². The molecule has 0 amide bonds. The number of rotatable bonds is 3. The average molecular weight is 426 g/mol. The second-order valence-electron chi connectivity index (χ2n) is 5.90. The molecule has 0 unspecified atom stereocenters. The molecule has 4 nitrogen and oxygen atoms in total. The molecule has 4 rings (SSSR count). The van der Waals surface area contributed by atoms with E-state index in [9.17, 15) is 0 Å². The van der Waals surface area contributed by atoms with Gasteiger partial charge in [0.15, 0.2) is 5.13 Å². The minimum absolute atomic E-state index is 0.541. The molecule has 2 aromatic heterocycles. The van der Waals surface area contributed by atoms with Crippen LogP contribution in [-0.2, 0) is 0 Å². The third kappa shape index (κ3) is 3.49. The average Bonchev–Trinajstić information content (AvgIpc) is 3.14. The lowest BCUT2D eigenvalue weighted by molar-refractivity contribution is 0.646. The maximum atomic E-state index is 6.32. The van der Waals surface area contributed by atoms with Gasteiger partial charge in [0.1, 0.15) is 5.82 Å². The van der Waals surface area contributed by atoms with Gasteiger partial charge in [0.25, 0.3) is 0 Å². The Bertz CT molecular complexity index is 922. The van der Waals surface area contributed by atoms with E-state index in [1.54, 1.807) is 23.6 Å². The van der Waals surface area contributed by atoms with E-state index in [1.807, 2.05) is 29.6 Å². The fraction of sp³-hybridized carbons (Fsp3) is 0.222. The van der Waals surface area contributed by atoms with Crippen LogP contribution in [0, 0.1) is 0 Å². The highest BCUT2D eigenvalue weighted by atomic mass is 35.5. The Hall–Kier alpha value is -1.53. The van der Waals surface area contributed by atoms with Gasteiger partial charge in [-0.2, -0.15) is 0 Å². The minimum Gasteiger partial charge on any atom is -0.352 e. The van der Waals surface area contributed by atoms with Gasteiger partial charge < -0.3 is 9.80 Å². The highest BCUT2D eigenvalue weighted by molar-refractivity contribution is 7.14. The van der Waals surface area contributed by atoms with Crippen LogP contribution in [0.3, 0.4) is 0 Å². The molecule has 0 radical (unpaired) electrons. The third-order valence-corrected chi connectivity index (χ3v) is 6.32. The lowest BCUT2D eigenvalue weighted by Crippen LogP contribution is -2.46. The summed E-state index contributed by atoms with van der Waals surface area (Å²) in [6, 6.07) is 9.33. The number of benzene rings is 1. The maximum Gasteiger partial charge on any atom is 0.185 e. The van der Waals surface area contributed by atoms with Gasteiger partial charge >= 0.3 is 0 Å². The maximum absolute atomic E-state index is 6.32. The van der Waals surface area contributed by atoms with Crippen molar-refractivity contribution < 1.29 is 0 Å². The zero-order valence-electron chi connectivity index (χ0n) is 13.7. The van der Waals surface area contributed by atoms with Gasteiger partial charge in [0.05, 0.1) is 20.8 Å². The van der Waals surface area contributed by atoms with Gasteiger partial charge in [-0.1, -0.05) is 46.9 Å². The van der Waals surface area contributed by atoms with Crippen LogP contribution in [-0.4, -0.2) is 36.1 Å². The van der Waals surface area contributed by atoms with Gasteiger partial charge in [0.2, 0.25) is 0 Å². The number of aromatic nitrogens is 2. The van der Waals surface area contributed by atoms with Crippen molar-refractivity contribution >= 4 is 57.1 Å². The summed E-state index contributed by atoms with van der Waals surface area (Å²) in [6.07, 6.45) is 1.77. The molecule has 1 aliphatic rings. The number of pyridine rings is 1. The fourth-order valence-electron chi connectivity index (χ4n) is 2.95. The second-order valence-corrected chi connectivity index (χ2v) is 7.93. The van der Waals surface area contributed by atoms with Crippen LogP contribution in [0.5, 0.6) is 0 Å². The predicted molar refractivity (Wildman–Crippen MR) is 111 cm³/mol. The molecule has 0 spiro atoms. The molecule has 0 saturated carbocycles. The number of nitrogens with zero attached hydrogens (tertiary/aromatic N) is 4. The Kier molecular flexibility index (Phi) is 5.23. The number of anilines is 2. The van der Waals surface area contributed by atoms with Gasteiger partial charge in [0, 0.05) is 43.3 Å². The lowest BCUT2D eigenvalue weighted by Gasteiger charge is -2.35. The third-order valence-electron chi connectivity index (χ3n) is 4.31. The number of hydrogen-bond donors (Lipinski definition) is 0. The van der Waals surface area contributed by atoms with E-state index >= 15 is 0 Å². The van der Waals surface area contributed by atoms with E-state index < -0.39 is 0 Å². The molecule has 0 aliphatic carbocycles. The molecule has 1 aromatic carbocycles. The summed E-state index contributed by atoms with van der Waals surface area (Å²) < 4.78 is 0. The Balaban J connectivity index is 1.48. The van der Waals surface area contributed by atoms with E-state index in [-0.39, 0.29) is 0 Å². The highest BCUT2D eigenvalue weighted by Gasteiger charge is 2.22. The van der Waals surface area contributed by atoms with E-state index in [4.69, 9.17) is 39.8 Å². The van der Waals surface area contributed by atoms with Crippen molar-refractivity contribution in [1.29, 1.82) is 0 Å². The van der Waals surface area contributed by atoms with Gasteiger partial charge in [-0.3, -0.25) is 0 Å². The zero-order valence-corrected chi connectivity index (χ0v) is 16.8. The van der Waals surface area contributed by atoms with Crippen LogP contribution in [0.4, 0.5) is 10.9 Å². The summed E-state index contributed by atoms with van der Waals surface area (Å²) >= 11 is 20.3. The normalized spacial score (nSPS) is 14.7. The molecule has 8 heteroatoms. The first-order valence-electron chi connectivity index (χ1n) is 8.14. The molecule has 134 valence electrons. The quantitative estimate of drug-likeness (QED) is 0.555. The van der Waals surface area contributed by atoms with Crippen LogP contribution in [0.2, 0.25) is 15.1 Å². The Morgan fingerprint density at radius 1 is 0.885 bits per heavy atom. The molecule has 3 heterocycles. The first kappa shape index (κ1) is 17.9. The Labute approximate surface area is 171 Å². The molecule has 0 bridgehead atoms. The largest absolute Gasteiger partial charge is 0.352 e. The Morgan fingerprint density at radius 3 is 2.38 bits per heavy atom. The lowest BCUT2D eigenvalue weighted by atomic mass is 10.2. The standard InChI is InChI=1S/C18H15Cl3N4S/c19-13-4-1-3-12(16(13)21)15-11-26-18(23-15)25-9-7-24(8-10-25)17-14(20)5-2-6-22-17/h1-6,11H,7-10H2.